The van der Waals surface area contributed by atoms with Gasteiger partial charge in [0.05, 0.1) is 11.9 Å². The van der Waals surface area contributed by atoms with Gasteiger partial charge in [-0.1, -0.05) is 30.3 Å². The highest BCUT2D eigenvalue weighted by atomic mass is 19.1. The summed E-state index contributed by atoms with van der Waals surface area (Å²) >= 11 is 0. The number of nitrogens with two attached hydrogens (primary N) is 1. The number of pyridine rings is 1. The smallest absolute Gasteiger partial charge is 0.245 e. The van der Waals surface area contributed by atoms with Crippen LogP contribution in [0.3, 0.4) is 0 Å². The summed E-state index contributed by atoms with van der Waals surface area (Å²) in [6.07, 6.45) is 1.24. The maximum Gasteiger partial charge on any atom is 0.245 e. The van der Waals surface area contributed by atoms with Crippen LogP contribution in [0, 0.1) is 5.95 Å². The fraction of sp³-hybridized carbons (Fsp3) is 0.0769. The first-order valence-electron chi connectivity index (χ1n) is 5.40. The first-order chi connectivity index (χ1) is 8.66. The van der Waals surface area contributed by atoms with Crippen LogP contribution in [0.15, 0.2) is 48.7 Å². The molecule has 2 aromatic rings. The van der Waals surface area contributed by atoms with Crippen molar-refractivity contribution >= 4 is 11.6 Å². The number of benzene rings is 1. The van der Waals surface area contributed by atoms with E-state index in [9.17, 15) is 9.18 Å². The van der Waals surface area contributed by atoms with Crippen LogP contribution in [-0.4, -0.2) is 10.9 Å². The number of aromatic nitrogens is 1. The predicted octanol–water partition coefficient (Wildman–Crippen LogP) is 1.86. The van der Waals surface area contributed by atoms with Gasteiger partial charge in [-0.05, 0) is 17.7 Å². The van der Waals surface area contributed by atoms with E-state index in [1.165, 1.54) is 18.3 Å². The lowest BCUT2D eigenvalue weighted by molar-refractivity contribution is -0.117. The summed E-state index contributed by atoms with van der Waals surface area (Å²) < 4.78 is 12.6. The van der Waals surface area contributed by atoms with Gasteiger partial charge in [-0.25, -0.2) is 4.98 Å². The van der Waals surface area contributed by atoms with Gasteiger partial charge in [0.25, 0.3) is 0 Å². The molecule has 5 heteroatoms. The second-order valence-electron chi connectivity index (χ2n) is 3.75. The molecule has 0 fully saturated rings. The van der Waals surface area contributed by atoms with Crippen LogP contribution in [0.2, 0.25) is 0 Å². The molecule has 0 spiro atoms. The highest BCUT2D eigenvalue weighted by Gasteiger charge is 2.15. The molecule has 4 nitrogen and oxygen atoms in total. The van der Waals surface area contributed by atoms with Crippen molar-refractivity contribution in [2.75, 3.05) is 5.32 Å². The number of nitrogens with zero attached hydrogens (tertiary/aromatic N) is 1. The molecule has 0 saturated heterocycles. The van der Waals surface area contributed by atoms with E-state index in [0.717, 1.165) is 0 Å². The van der Waals surface area contributed by atoms with E-state index in [-0.39, 0.29) is 5.91 Å². The van der Waals surface area contributed by atoms with Crippen molar-refractivity contribution in [1.82, 2.24) is 4.98 Å². The van der Waals surface area contributed by atoms with E-state index < -0.39 is 12.0 Å². The Balaban J connectivity index is 2.06. The van der Waals surface area contributed by atoms with E-state index in [4.69, 9.17) is 5.73 Å². The van der Waals surface area contributed by atoms with Gasteiger partial charge >= 0.3 is 0 Å². The van der Waals surface area contributed by atoms with Gasteiger partial charge in [-0.2, -0.15) is 4.39 Å². The van der Waals surface area contributed by atoms with Gasteiger partial charge in [0, 0.05) is 0 Å². The summed E-state index contributed by atoms with van der Waals surface area (Å²) in [7, 11) is 0. The number of halogens is 1. The summed E-state index contributed by atoms with van der Waals surface area (Å²) in [5.41, 5.74) is 6.93. The van der Waals surface area contributed by atoms with Crippen LogP contribution in [0.1, 0.15) is 11.6 Å². The Hall–Kier alpha value is -2.27. The molecule has 1 amide bonds. The van der Waals surface area contributed by atoms with E-state index in [0.29, 0.717) is 11.3 Å². The molecule has 0 aliphatic carbocycles. The van der Waals surface area contributed by atoms with Crippen LogP contribution in [0.25, 0.3) is 0 Å². The number of anilines is 1. The monoisotopic (exact) mass is 245 g/mol. The topological polar surface area (TPSA) is 68.0 Å². The molecule has 0 saturated carbocycles. The first-order valence-corrected chi connectivity index (χ1v) is 5.40. The maximum absolute atomic E-state index is 12.6. The van der Waals surface area contributed by atoms with Crippen molar-refractivity contribution < 1.29 is 9.18 Å². The van der Waals surface area contributed by atoms with Gasteiger partial charge in [0.1, 0.15) is 6.04 Å². The van der Waals surface area contributed by atoms with Gasteiger partial charge < -0.3 is 11.1 Å². The number of hydrogen-bond donors (Lipinski definition) is 2. The molecule has 92 valence electrons. The van der Waals surface area contributed by atoms with Crippen molar-refractivity contribution in [1.29, 1.82) is 0 Å². The Bertz CT molecular complexity index is 528. The van der Waals surface area contributed by atoms with E-state index >= 15 is 0 Å². The molecule has 3 N–H and O–H groups in total. The SMILES string of the molecule is N[C@H](C(=O)Nc1ccc(F)nc1)c1ccccc1. The second-order valence-corrected chi connectivity index (χ2v) is 3.75. The van der Waals surface area contributed by atoms with Crippen molar-refractivity contribution in [2.45, 2.75) is 6.04 Å². The number of carbonyl (C=O) groups excluding carboxylic acids is 1. The molecule has 0 aliphatic rings. The summed E-state index contributed by atoms with van der Waals surface area (Å²) in [6, 6.07) is 10.8. The third kappa shape index (κ3) is 2.89. The number of hydrogen-bond acceptors (Lipinski definition) is 3. The van der Waals surface area contributed by atoms with Crippen LogP contribution in [0.5, 0.6) is 0 Å². The zero-order chi connectivity index (χ0) is 13.0. The molecule has 0 aliphatic heterocycles. The Morgan fingerprint density at radius 1 is 1.22 bits per heavy atom. The van der Waals surface area contributed by atoms with Crippen molar-refractivity contribution in [3.63, 3.8) is 0 Å². The Morgan fingerprint density at radius 2 is 1.94 bits per heavy atom. The zero-order valence-electron chi connectivity index (χ0n) is 9.51. The fourth-order valence-corrected chi connectivity index (χ4v) is 1.48. The lowest BCUT2D eigenvalue weighted by Gasteiger charge is -2.12. The lowest BCUT2D eigenvalue weighted by Crippen LogP contribution is -2.27. The molecule has 1 aromatic carbocycles. The largest absolute Gasteiger partial charge is 0.323 e. The molecule has 1 atom stereocenters. The molecule has 0 unspecified atom stereocenters. The lowest BCUT2D eigenvalue weighted by atomic mass is 10.1. The van der Waals surface area contributed by atoms with Crippen LogP contribution in [0.4, 0.5) is 10.1 Å². The quantitative estimate of drug-likeness (QED) is 0.811. The first kappa shape index (κ1) is 12.2. The molecule has 2 rings (SSSR count). The summed E-state index contributed by atoms with van der Waals surface area (Å²) in [6.45, 7) is 0. The van der Waals surface area contributed by atoms with Crippen LogP contribution >= 0.6 is 0 Å². The number of nitrogens with one attached hydrogen (secondary N) is 1. The standard InChI is InChI=1S/C13H12FN3O/c14-11-7-6-10(8-16-11)17-13(18)12(15)9-4-2-1-3-5-9/h1-8,12H,15H2,(H,17,18)/t12-/m0/s1. The van der Waals surface area contributed by atoms with Crippen molar-refractivity contribution in [3.05, 3.63) is 60.2 Å². The van der Waals surface area contributed by atoms with E-state index in [1.807, 2.05) is 18.2 Å². The molecule has 0 bridgehead atoms. The Morgan fingerprint density at radius 3 is 2.56 bits per heavy atom. The van der Waals surface area contributed by atoms with Crippen molar-refractivity contribution in [2.24, 2.45) is 5.73 Å². The molecule has 1 heterocycles. The molecule has 1 aromatic heterocycles. The van der Waals surface area contributed by atoms with Crippen molar-refractivity contribution in [3.8, 4) is 0 Å². The minimum Gasteiger partial charge on any atom is -0.323 e. The van der Waals surface area contributed by atoms with Crippen LogP contribution < -0.4 is 11.1 Å². The normalized spacial score (nSPS) is 11.9. The molecule has 18 heavy (non-hydrogen) atoms. The zero-order valence-corrected chi connectivity index (χ0v) is 9.51. The maximum atomic E-state index is 12.6. The fourth-order valence-electron chi connectivity index (χ4n) is 1.48. The minimum absolute atomic E-state index is 0.366. The van der Waals surface area contributed by atoms with Gasteiger partial charge in [-0.15, -0.1) is 0 Å². The van der Waals surface area contributed by atoms with E-state index in [2.05, 4.69) is 10.3 Å². The Kier molecular flexibility index (Phi) is 3.64. The van der Waals surface area contributed by atoms with E-state index in [1.54, 1.807) is 12.1 Å². The average Bonchev–Trinajstić information content (AvgIpc) is 2.41. The third-order valence-corrected chi connectivity index (χ3v) is 2.44. The number of rotatable bonds is 3. The Labute approximate surface area is 104 Å². The summed E-state index contributed by atoms with van der Waals surface area (Å²) in [4.78, 5) is 15.3. The highest BCUT2D eigenvalue weighted by Crippen LogP contribution is 2.13. The van der Waals surface area contributed by atoms with Crippen LogP contribution in [-0.2, 0) is 4.79 Å². The molecule has 0 radical (unpaired) electrons. The summed E-state index contributed by atoms with van der Waals surface area (Å²) in [5, 5.41) is 2.57. The molecular formula is C13H12FN3O. The third-order valence-electron chi connectivity index (χ3n) is 2.44. The van der Waals surface area contributed by atoms with Gasteiger partial charge in [0.2, 0.25) is 11.9 Å². The second kappa shape index (κ2) is 5.37. The van der Waals surface area contributed by atoms with Gasteiger partial charge in [-0.3, -0.25) is 4.79 Å². The predicted molar refractivity (Wildman–Crippen MR) is 66.2 cm³/mol. The number of amides is 1. The number of carbonyl (C=O) groups is 1. The minimum atomic E-state index is -0.767. The molecular weight excluding hydrogens is 233 g/mol. The highest BCUT2D eigenvalue weighted by molar-refractivity contribution is 5.95. The van der Waals surface area contributed by atoms with Gasteiger partial charge in [0.15, 0.2) is 0 Å². The summed E-state index contributed by atoms with van der Waals surface area (Å²) in [5.74, 6) is -0.963. The average molecular weight is 245 g/mol.